The van der Waals surface area contributed by atoms with Crippen LogP contribution in [-0.2, 0) is 27.2 Å². The van der Waals surface area contributed by atoms with E-state index in [4.69, 9.17) is 14.2 Å². The van der Waals surface area contributed by atoms with Crippen molar-refractivity contribution in [3.63, 3.8) is 0 Å². The summed E-state index contributed by atoms with van der Waals surface area (Å²) in [6.45, 7) is 12.1. The number of carbonyl (C=O) groups excluding carboxylic acids is 3. The summed E-state index contributed by atoms with van der Waals surface area (Å²) in [6, 6.07) is 15.9. The third-order valence-corrected chi connectivity index (χ3v) is 6.79. The summed E-state index contributed by atoms with van der Waals surface area (Å²) >= 11 is 0. The molecule has 0 fully saturated rings. The number of hydrogen-bond donors (Lipinski definition) is 2. The molecule has 0 saturated heterocycles. The Morgan fingerprint density at radius 3 is 2.34 bits per heavy atom. The van der Waals surface area contributed by atoms with Gasteiger partial charge in [0, 0.05) is 30.1 Å². The topological polar surface area (TPSA) is 133 Å². The van der Waals surface area contributed by atoms with Gasteiger partial charge in [0.05, 0.1) is 25.7 Å². The van der Waals surface area contributed by atoms with Crippen LogP contribution in [0.5, 0.6) is 5.75 Å². The van der Waals surface area contributed by atoms with Gasteiger partial charge in [-0.1, -0.05) is 63.8 Å². The highest BCUT2D eigenvalue weighted by molar-refractivity contribution is 6.08. The number of ether oxygens (including phenoxy) is 3. The van der Waals surface area contributed by atoms with Crippen LogP contribution in [0.2, 0.25) is 0 Å². The highest BCUT2D eigenvalue weighted by Crippen LogP contribution is 2.25. The third kappa shape index (κ3) is 11.4. The fourth-order valence-corrected chi connectivity index (χ4v) is 4.53. The van der Waals surface area contributed by atoms with Crippen molar-refractivity contribution >= 4 is 29.2 Å². The number of methoxy groups -OCH3 is 1. The Labute approximate surface area is 277 Å². The van der Waals surface area contributed by atoms with Gasteiger partial charge in [0.15, 0.2) is 11.5 Å². The molecule has 252 valence electrons. The van der Waals surface area contributed by atoms with Crippen molar-refractivity contribution < 1.29 is 28.6 Å². The molecule has 2 heterocycles. The summed E-state index contributed by atoms with van der Waals surface area (Å²) in [5.41, 5.74) is 2.47. The average Bonchev–Trinajstić information content (AvgIpc) is 3.52. The fourth-order valence-electron chi connectivity index (χ4n) is 4.53. The smallest absolute Gasteiger partial charge is 0.407 e. The number of rotatable bonds is 12. The highest BCUT2D eigenvalue weighted by atomic mass is 16.6. The zero-order chi connectivity index (χ0) is 34.4. The van der Waals surface area contributed by atoms with Crippen LogP contribution in [-0.4, -0.2) is 51.9 Å². The van der Waals surface area contributed by atoms with Gasteiger partial charge >= 0.3 is 12.1 Å². The lowest BCUT2D eigenvalue weighted by molar-refractivity contribution is -0.142. The predicted molar refractivity (Wildman–Crippen MR) is 183 cm³/mol. The van der Waals surface area contributed by atoms with Gasteiger partial charge in [-0.25, -0.2) is 14.3 Å². The van der Waals surface area contributed by atoms with Crippen LogP contribution >= 0.6 is 0 Å². The van der Waals surface area contributed by atoms with Crippen LogP contribution in [0.1, 0.15) is 88.8 Å². The van der Waals surface area contributed by atoms with Crippen LogP contribution in [0.25, 0.3) is 16.9 Å². The molecule has 2 amide bonds. The van der Waals surface area contributed by atoms with E-state index >= 15 is 0 Å². The van der Waals surface area contributed by atoms with Gasteiger partial charge in [-0.05, 0) is 63.1 Å². The van der Waals surface area contributed by atoms with E-state index in [1.54, 1.807) is 68.7 Å². The molecule has 0 atom stereocenters. The summed E-state index contributed by atoms with van der Waals surface area (Å²) in [5, 5.41) is 10.2. The van der Waals surface area contributed by atoms with Crippen molar-refractivity contribution in [2.75, 3.05) is 19.0 Å². The Bertz CT molecular complexity index is 1640. The van der Waals surface area contributed by atoms with Gasteiger partial charge in [0.2, 0.25) is 0 Å². The first kappa shape index (κ1) is 36.5. The largest absolute Gasteiger partial charge is 0.497 e. The minimum atomic E-state index is -0.604. The maximum absolute atomic E-state index is 13.6. The van der Waals surface area contributed by atoms with Crippen LogP contribution in [0.3, 0.4) is 0 Å². The van der Waals surface area contributed by atoms with E-state index in [0.29, 0.717) is 33.9 Å². The molecule has 11 heteroatoms. The molecule has 0 radical (unpaired) electrons. The maximum Gasteiger partial charge on any atom is 0.407 e. The molecule has 0 aliphatic carbocycles. The van der Waals surface area contributed by atoms with E-state index in [0.717, 1.165) is 5.56 Å². The normalized spacial score (nSPS) is 10.9. The zero-order valence-electron chi connectivity index (χ0n) is 28.5. The number of anilines is 1. The Hall–Kier alpha value is -4.93. The molecule has 2 aromatic carbocycles. The molecule has 4 aromatic rings. The number of hydrogen-bond acceptors (Lipinski definition) is 8. The second-order valence-electron chi connectivity index (χ2n) is 11.8. The lowest BCUT2D eigenvalue weighted by Crippen LogP contribution is -2.32. The molecule has 0 spiro atoms. The molecule has 0 aliphatic heterocycles. The molecular formula is C36H47N5O6. The molecule has 0 aliphatic rings. The van der Waals surface area contributed by atoms with Crippen LogP contribution in [0.4, 0.5) is 10.5 Å². The van der Waals surface area contributed by atoms with Gasteiger partial charge < -0.3 is 24.8 Å². The molecule has 11 nitrogen and oxygen atoms in total. The first-order valence-electron chi connectivity index (χ1n) is 16.0. The molecule has 0 saturated carbocycles. The van der Waals surface area contributed by atoms with E-state index in [-0.39, 0.29) is 25.3 Å². The molecule has 0 bridgehead atoms. The number of benzene rings is 2. The van der Waals surface area contributed by atoms with Crippen LogP contribution in [0, 0.1) is 0 Å². The number of nitrogens with zero attached hydrogens (tertiary/aromatic N) is 3. The van der Waals surface area contributed by atoms with E-state index in [9.17, 15) is 14.4 Å². The van der Waals surface area contributed by atoms with Crippen LogP contribution in [0.15, 0.2) is 60.8 Å². The third-order valence-electron chi connectivity index (χ3n) is 6.79. The molecule has 2 aromatic heterocycles. The molecule has 0 unspecified atom stereocenters. The van der Waals surface area contributed by atoms with Crippen molar-refractivity contribution in [2.24, 2.45) is 0 Å². The van der Waals surface area contributed by atoms with E-state index in [1.165, 1.54) is 32.8 Å². The van der Waals surface area contributed by atoms with Crippen molar-refractivity contribution in [1.29, 1.82) is 0 Å². The first-order chi connectivity index (χ1) is 22.5. The SMILES string of the molecule is CCCCCC.CCOC(=O)Cc1ccc(OC)cc1NC(=O)c1nc(-c2cccc(CNC(=O)OC(C)(C)C)c2)nn2cccc12. The number of unbranched alkanes of at least 4 members (excludes halogenated alkanes) is 3. The maximum atomic E-state index is 13.6. The van der Waals surface area contributed by atoms with Crippen molar-refractivity contribution in [2.45, 2.75) is 85.8 Å². The Morgan fingerprint density at radius 1 is 0.936 bits per heavy atom. The van der Waals surface area contributed by atoms with Gasteiger partial charge in [-0.3, -0.25) is 9.59 Å². The van der Waals surface area contributed by atoms with Gasteiger partial charge in [0.1, 0.15) is 11.4 Å². The number of amides is 2. The number of alkyl carbamates (subject to hydrolysis) is 1. The number of esters is 1. The minimum absolute atomic E-state index is 0.0207. The number of fused-ring (bicyclic) bond motifs is 1. The minimum Gasteiger partial charge on any atom is -0.497 e. The Kier molecular flexibility index (Phi) is 13.7. The van der Waals surface area contributed by atoms with Crippen molar-refractivity contribution in [1.82, 2.24) is 19.9 Å². The Balaban J connectivity index is 0.000000913. The molecular weight excluding hydrogens is 598 g/mol. The number of nitrogens with one attached hydrogen (secondary N) is 2. The fraction of sp³-hybridized carbons (Fsp3) is 0.417. The zero-order valence-corrected chi connectivity index (χ0v) is 28.5. The van der Waals surface area contributed by atoms with Gasteiger partial charge in [0.25, 0.3) is 5.91 Å². The van der Waals surface area contributed by atoms with E-state index in [1.807, 2.05) is 24.3 Å². The monoisotopic (exact) mass is 645 g/mol. The lowest BCUT2D eigenvalue weighted by atomic mass is 10.1. The molecule has 47 heavy (non-hydrogen) atoms. The standard InChI is InChI=1S/C30H33N5O6.C6H14/c1-6-40-25(36)16-20-12-13-22(39-5)17-23(20)32-28(37)26-24-11-8-14-35(24)34-27(33-26)21-10-7-9-19(15-21)18-31-29(38)41-30(2,3)4;1-3-5-6-4-2/h7-15,17H,6,16,18H2,1-5H3,(H,31,38)(H,32,37);3-6H2,1-2H3. The van der Waals surface area contributed by atoms with Gasteiger partial charge in [-0.15, -0.1) is 5.10 Å². The lowest BCUT2D eigenvalue weighted by Gasteiger charge is -2.19. The Morgan fingerprint density at radius 2 is 1.68 bits per heavy atom. The predicted octanol–water partition coefficient (Wildman–Crippen LogP) is 7.37. The number of aromatic nitrogens is 3. The highest BCUT2D eigenvalue weighted by Gasteiger charge is 2.20. The summed E-state index contributed by atoms with van der Waals surface area (Å²) < 4.78 is 17.3. The van der Waals surface area contributed by atoms with Crippen molar-refractivity contribution in [3.05, 3.63) is 77.6 Å². The molecule has 2 N–H and O–H groups in total. The van der Waals surface area contributed by atoms with E-state index in [2.05, 4.69) is 34.6 Å². The quantitative estimate of drug-likeness (QED) is 0.121. The van der Waals surface area contributed by atoms with Crippen molar-refractivity contribution in [3.8, 4) is 17.1 Å². The van der Waals surface area contributed by atoms with Crippen LogP contribution < -0.4 is 15.4 Å². The second kappa shape index (κ2) is 17.7. The summed E-state index contributed by atoms with van der Waals surface area (Å²) in [7, 11) is 1.52. The first-order valence-corrected chi connectivity index (χ1v) is 16.0. The number of carbonyl (C=O) groups is 3. The van der Waals surface area contributed by atoms with Gasteiger partial charge in [-0.2, -0.15) is 0 Å². The summed E-state index contributed by atoms with van der Waals surface area (Å²) in [4.78, 5) is 42.5. The second-order valence-corrected chi connectivity index (χ2v) is 11.8. The summed E-state index contributed by atoms with van der Waals surface area (Å²) in [6.07, 6.45) is 6.72. The summed E-state index contributed by atoms with van der Waals surface area (Å²) in [5.74, 6) is -0.0674. The molecule has 4 rings (SSSR count). The average molecular weight is 646 g/mol. The van der Waals surface area contributed by atoms with E-state index < -0.39 is 23.6 Å².